The van der Waals surface area contributed by atoms with Gasteiger partial charge in [0.05, 0.1) is 0 Å². The molecule has 17 heavy (non-hydrogen) atoms. The first-order chi connectivity index (χ1) is 8.07. The average Bonchev–Trinajstić information content (AvgIpc) is 2.34. The SMILES string of the molecule is CSCCC(C)N(C)CCC1(N)CCCCC1. The number of hydrogen-bond donors (Lipinski definition) is 1. The van der Waals surface area contributed by atoms with Crippen LogP contribution in [0.4, 0.5) is 0 Å². The second kappa shape index (κ2) is 7.65. The van der Waals surface area contributed by atoms with E-state index in [0.717, 1.165) is 6.54 Å². The van der Waals surface area contributed by atoms with Crippen molar-refractivity contribution < 1.29 is 0 Å². The lowest BCUT2D eigenvalue weighted by Gasteiger charge is -2.36. The third kappa shape index (κ3) is 5.62. The molecule has 2 nitrogen and oxygen atoms in total. The second-order valence-electron chi connectivity index (χ2n) is 5.78. The van der Waals surface area contributed by atoms with Gasteiger partial charge < -0.3 is 10.6 Å². The molecule has 1 aliphatic rings. The van der Waals surface area contributed by atoms with Gasteiger partial charge in [-0.3, -0.25) is 0 Å². The predicted molar refractivity (Wildman–Crippen MR) is 79.7 cm³/mol. The van der Waals surface area contributed by atoms with E-state index >= 15 is 0 Å². The van der Waals surface area contributed by atoms with E-state index in [1.807, 2.05) is 11.8 Å². The molecule has 0 radical (unpaired) electrons. The number of nitrogens with two attached hydrogens (primary N) is 1. The Labute approximate surface area is 112 Å². The van der Waals surface area contributed by atoms with Gasteiger partial charge in [0.25, 0.3) is 0 Å². The van der Waals surface area contributed by atoms with Crippen LogP contribution in [0.2, 0.25) is 0 Å². The maximum absolute atomic E-state index is 6.48. The Morgan fingerprint density at radius 3 is 2.53 bits per heavy atom. The fourth-order valence-electron chi connectivity index (χ4n) is 2.63. The van der Waals surface area contributed by atoms with Crippen LogP contribution in [0.5, 0.6) is 0 Å². The highest BCUT2D eigenvalue weighted by Crippen LogP contribution is 2.28. The van der Waals surface area contributed by atoms with Crippen molar-refractivity contribution in [2.24, 2.45) is 5.73 Å². The van der Waals surface area contributed by atoms with Crippen molar-refractivity contribution in [3.8, 4) is 0 Å². The molecule has 0 bridgehead atoms. The molecule has 0 aromatic rings. The summed E-state index contributed by atoms with van der Waals surface area (Å²) in [4.78, 5) is 2.49. The molecule has 0 aliphatic heterocycles. The number of nitrogens with zero attached hydrogens (tertiary/aromatic N) is 1. The third-order valence-electron chi connectivity index (χ3n) is 4.30. The summed E-state index contributed by atoms with van der Waals surface area (Å²) in [5.74, 6) is 1.26. The van der Waals surface area contributed by atoms with Crippen molar-refractivity contribution in [1.82, 2.24) is 4.90 Å². The smallest absolute Gasteiger partial charge is 0.0166 e. The molecular weight excluding hydrogens is 228 g/mol. The molecule has 0 aromatic heterocycles. The Morgan fingerprint density at radius 2 is 1.94 bits per heavy atom. The first-order valence-electron chi connectivity index (χ1n) is 7.05. The van der Waals surface area contributed by atoms with Gasteiger partial charge in [-0.05, 0) is 58.2 Å². The van der Waals surface area contributed by atoms with Gasteiger partial charge in [0.2, 0.25) is 0 Å². The van der Waals surface area contributed by atoms with Crippen LogP contribution >= 0.6 is 11.8 Å². The number of rotatable bonds is 7. The molecule has 1 atom stereocenters. The van der Waals surface area contributed by atoms with Gasteiger partial charge in [-0.1, -0.05) is 19.3 Å². The topological polar surface area (TPSA) is 29.3 Å². The van der Waals surface area contributed by atoms with E-state index in [-0.39, 0.29) is 5.54 Å². The Balaban J connectivity index is 2.23. The van der Waals surface area contributed by atoms with Crippen LogP contribution < -0.4 is 5.73 Å². The highest BCUT2D eigenvalue weighted by atomic mass is 32.2. The van der Waals surface area contributed by atoms with Gasteiger partial charge in [0, 0.05) is 11.6 Å². The lowest BCUT2D eigenvalue weighted by atomic mass is 9.80. The van der Waals surface area contributed by atoms with E-state index in [1.54, 1.807) is 0 Å². The van der Waals surface area contributed by atoms with E-state index in [0.29, 0.717) is 6.04 Å². The summed E-state index contributed by atoms with van der Waals surface area (Å²) < 4.78 is 0. The highest BCUT2D eigenvalue weighted by Gasteiger charge is 2.27. The summed E-state index contributed by atoms with van der Waals surface area (Å²) in [5.41, 5.74) is 6.62. The van der Waals surface area contributed by atoms with Gasteiger partial charge in [-0.25, -0.2) is 0 Å². The number of thioether (sulfide) groups is 1. The zero-order valence-electron chi connectivity index (χ0n) is 11.9. The van der Waals surface area contributed by atoms with Crippen molar-refractivity contribution >= 4 is 11.8 Å². The fraction of sp³-hybridized carbons (Fsp3) is 1.00. The Bertz CT molecular complexity index is 202. The third-order valence-corrected chi connectivity index (χ3v) is 4.95. The summed E-state index contributed by atoms with van der Waals surface area (Å²) in [5, 5.41) is 0. The van der Waals surface area contributed by atoms with E-state index in [1.165, 1.54) is 50.7 Å². The zero-order valence-corrected chi connectivity index (χ0v) is 12.7. The Kier molecular flexibility index (Phi) is 6.90. The summed E-state index contributed by atoms with van der Waals surface area (Å²) in [6.45, 7) is 3.49. The van der Waals surface area contributed by atoms with Crippen LogP contribution in [0.3, 0.4) is 0 Å². The first-order valence-corrected chi connectivity index (χ1v) is 8.45. The molecule has 0 heterocycles. The van der Waals surface area contributed by atoms with Crippen LogP contribution in [0.1, 0.15) is 51.9 Å². The number of hydrogen-bond acceptors (Lipinski definition) is 3. The summed E-state index contributed by atoms with van der Waals surface area (Å²) in [7, 11) is 2.25. The average molecular weight is 258 g/mol. The molecule has 1 fully saturated rings. The minimum Gasteiger partial charge on any atom is -0.325 e. The largest absolute Gasteiger partial charge is 0.325 e. The molecule has 1 rings (SSSR count). The molecule has 0 aromatic carbocycles. The maximum atomic E-state index is 6.48. The fourth-order valence-corrected chi connectivity index (χ4v) is 3.21. The molecule has 3 heteroatoms. The van der Waals surface area contributed by atoms with E-state index in [9.17, 15) is 0 Å². The van der Waals surface area contributed by atoms with Crippen LogP contribution in [0.25, 0.3) is 0 Å². The normalized spacial score (nSPS) is 21.7. The summed E-state index contributed by atoms with van der Waals surface area (Å²) in [6, 6.07) is 0.689. The van der Waals surface area contributed by atoms with Gasteiger partial charge in [-0.15, -0.1) is 0 Å². The standard InChI is InChI=1S/C14H30N2S/c1-13(7-12-17-3)16(2)11-10-14(15)8-5-4-6-9-14/h13H,4-12,15H2,1-3H3. The molecule has 102 valence electrons. The van der Waals surface area contributed by atoms with Gasteiger partial charge in [0.15, 0.2) is 0 Å². The van der Waals surface area contributed by atoms with Crippen LogP contribution in [-0.2, 0) is 0 Å². The van der Waals surface area contributed by atoms with Crippen molar-refractivity contribution in [3.05, 3.63) is 0 Å². The molecule has 1 unspecified atom stereocenters. The molecular formula is C14H30N2S. The molecule has 1 aliphatic carbocycles. The molecule has 0 spiro atoms. The van der Waals surface area contributed by atoms with Crippen molar-refractivity contribution in [2.45, 2.75) is 63.5 Å². The quantitative estimate of drug-likeness (QED) is 0.761. The van der Waals surface area contributed by atoms with Crippen molar-refractivity contribution in [3.63, 3.8) is 0 Å². The molecule has 0 saturated heterocycles. The molecule has 0 amide bonds. The lowest BCUT2D eigenvalue weighted by Crippen LogP contribution is -2.45. The van der Waals surface area contributed by atoms with Gasteiger partial charge in [0.1, 0.15) is 0 Å². The van der Waals surface area contributed by atoms with Crippen LogP contribution in [0, 0.1) is 0 Å². The Morgan fingerprint density at radius 1 is 1.29 bits per heavy atom. The molecule has 2 N–H and O–H groups in total. The summed E-state index contributed by atoms with van der Waals surface area (Å²) in [6.07, 6.45) is 11.2. The maximum Gasteiger partial charge on any atom is 0.0166 e. The lowest BCUT2D eigenvalue weighted by molar-refractivity contribution is 0.198. The van der Waals surface area contributed by atoms with Gasteiger partial charge >= 0.3 is 0 Å². The monoisotopic (exact) mass is 258 g/mol. The van der Waals surface area contributed by atoms with Crippen molar-refractivity contribution in [1.29, 1.82) is 0 Å². The van der Waals surface area contributed by atoms with Crippen molar-refractivity contribution in [2.75, 3.05) is 25.6 Å². The van der Waals surface area contributed by atoms with Crippen LogP contribution in [-0.4, -0.2) is 42.1 Å². The summed E-state index contributed by atoms with van der Waals surface area (Å²) >= 11 is 1.94. The van der Waals surface area contributed by atoms with Crippen LogP contribution in [0.15, 0.2) is 0 Å². The van der Waals surface area contributed by atoms with Gasteiger partial charge in [-0.2, -0.15) is 11.8 Å². The minimum atomic E-state index is 0.145. The van der Waals surface area contributed by atoms with E-state index in [2.05, 4.69) is 25.1 Å². The van der Waals surface area contributed by atoms with E-state index in [4.69, 9.17) is 5.73 Å². The highest BCUT2D eigenvalue weighted by molar-refractivity contribution is 7.98. The second-order valence-corrected chi connectivity index (χ2v) is 6.77. The predicted octanol–water partition coefficient (Wildman–Crippen LogP) is 3.11. The van der Waals surface area contributed by atoms with E-state index < -0.39 is 0 Å². The Hall–Kier alpha value is 0.270. The first kappa shape index (κ1) is 15.3. The minimum absolute atomic E-state index is 0.145. The zero-order chi connectivity index (χ0) is 12.7. The molecule has 1 saturated carbocycles.